The first-order valence-electron chi connectivity index (χ1n) is 6.75. The van der Waals surface area contributed by atoms with Crippen molar-refractivity contribution in [2.24, 2.45) is 5.92 Å². The molecule has 0 fully saturated rings. The van der Waals surface area contributed by atoms with Crippen LogP contribution in [0.5, 0.6) is 5.75 Å². The Hall–Kier alpha value is -1.11. The van der Waals surface area contributed by atoms with Gasteiger partial charge < -0.3 is 10.1 Å². The third-order valence-corrected chi connectivity index (χ3v) is 4.67. The average molecular weight is 300 g/mol. The van der Waals surface area contributed by atoms with Crippen LogP contribution in [0.25, 0.3) is 0 Å². The molecule has 0 heterocycles. The average Bonchev–Trinajstić information content (AvgIpc) is 2.45. The summed E-state index contributed by atoms with van der Waals surface area (Å²) in [5.41, 5.74) is 0.821. The number of ether oxygens (including phenoxy) is 1. The van der Waals surface area contributed by atoms with E-state index in [1.54, 1.807) is 25.3 Å². The van der Waals surface area contributed by atoms with Gasteiger partial charge in [-0.05, 0) is 31.2 Å². The zero-order valence-electron chi connectivity index (χ0n) is 12.6. The van der Waals surface area contributed by atoms with Crippen LogP contribution < -0.4 is 14.8 Å². The highest BCUT2D eigenvalue weighted by Crippen LogP contribution is 2.22. The smallest absolute Gasteiger partial charge is 0.240 e. The van der Waals surface area contributed by atoms with Gasteiger partial charge in [-0.15, -0.1) is 0 Å². The lowest BCUT2D eigenvalue weighted by Gasteiger charge is -2.13. The van der Waals surface area contributed by atoms with Gasteiger partial charge in [0.25, 0.3) is 0 Å². The molecule has 5 nitrogen and oxygen atoms in total. The van der Waals surface area contributed by atoms with E-state index in [-0.39, 0.29) is 4.90 Å². The molecule has 20 heavy (non-hydrogen) atoms. The zero-order chi connectivity index (χ0) is 15.2. The molecule has 1 aromatic rings. The van der Waals surface area contributed by atoms with E-state index < -0.39 is 10.0 Å². The minimum Gasteiger partial charge on any atom is -0.496 e. The van der Waals surface area contributed by atoms with Crippen LogP contribution in [-0.4, -0.2) is 29.1 Å². The Labute approximate surface area is 121 Å². The lowest BCUT2D eigenvalue weighted by atomic mass is 10.1. The second-order valence-electron chi connectivity index (χ2n) is 4.87. The van der Waals surface area contributed by atoms with Crippen LogP contribution in [0.1, 0.15) is 25.8 Å². The monoisotopic (exact) mass is 300 g/mol. The number of nitrogens with one attached hydrogen (secondary N) is 2. The summed E-state index contributed by atoms with van der Waals surface area (Å²) in [5, 5.41) is 3.00. The molecule has 1 unspecified atom stereocenters. The normalized spacial score (nSPS) is 13.2. The lowest BCUT2D eigenvalue weighted by Crippen LogP contribution is -2.28. The van der Waals surface area contributed by atoms with E-state index in [0.29, 0.717) is 24.8 Å². The van der Waals surface area contributed by atoms with E-state index in [2.05, 4.69) is 10.0 Å². The Kier molecular flexibility index (Phi) is 6.45. The molecule has 0 bridgehead atoms. The first-order chi connectivity index (χ1) is 9.44. The summed E-state index contributed by atoms with van der Waals surface area (Å²) >= 11 is 0. The maximum atomic E-state index is 12.2. The molecule has 0 aromatic heterocycles. The van der Waals surface area contributed by atoms with E-state index in [1.807, 2.05) is 20.9 Å². The SMILES string of the molecule is CCC(C)CNS(=O)(=O)c1ccc(OC)c(CNC)c1. The number of methoxy groups -OCH3 is 1. The second kappa shape index (κ2) is 7.61. The van der Waals surface area contributed by atoms with Gasteiger partial charge in [-0.2, -0.15) is 0 Å². The Morgan fingerprint density at radius 3 is 2.60 bits per heavy atom. The fourth-order valence-electron chi connectivity index (χ4n) is 1.73. The highest BCUT2D eigenvalue weighted by atomic mass is 32.2. The maximum Gasteiger partial charge on any atom is 0.240 e. The Morgan fingerprint density at radius 2 is 2.05 bits per heavy atom. The molecule has 0 radical (unpaired) electrons. The quantitative estimate of drug-likeness (QED) is 0.767. The van der Waals surface area contributed by atoms with Gasteiger partial charge >= 0.3 is 0 Å². The fraction of sp³-hybridized carbons (Fsp3) is 0.571. The van der Waals surface area contributed by atoms with Crippen LogP contribution in [0.4, 0.5) is 0 Å². The van der Waals surface area contributed by atoms with Crippen molar-refractivity contribution in [3.63, 3.8) is 0 Å². The first kappa shape index (κ1) is 16.9. The van der Waals surface area contributed by atoms with E-state index in [4.69, 9.17) is 4.74 Å². The van der Waals surface area contributed by atoms with E-state index in [1.165, 1.54) is 0 Å². The molecule has 0 spiro atoms. The topological polar surface area (TPSA) is 67.4 Å². The van der Waals surface area contributed by atoms with Crippen LogP contribution in [0, 0.1) is 5.92 Å². The van der Waals surface area contributed by atoms with Crippen LogP contribution in [0.15, 0.2) is 23.1 Å². The summed E-state index contributed by atoms with van der Waals surface area (Å²) in [5.74, 6) is 1.00. The van der Waals surface area contributed by atoms with Crippen LogP contribution in [-0.2, 0) is 16.6 Å². The first-order valence-corrected chi connectivity index (χ1v) is 8.24. The molecule has 0 aliphatic carbocycles. The summed E-state index contributed by atoms with van der Waals surface area (Å²) in [6, 6.07) is 4.90. The third-order valence-electron chi connectivity index (χ3n) is 3.25. The van der Waals surface area contributed by atoms with Crippen molar-refractivity contribution >= 4 is 10.0 Å². The van der Waals surface area contributed by atoms with Crippen molar-refractivity contribution < 1.29 is 13.2 Å². The Balaban J connectivity index is 2.97. The molecule has 0 saturated heterocycles. The second-order valence-corrected chi connectivity index (χ2v) is 6.64. The van der Waals surface area contributed by atoms with Crippen molar-refractivity contribution in [2.45, 2.75) is 31.7 Å². The summed E-state index contributed by atoms with van der Waals surface area (Å²) in [7, 11) is -0.0840. The predicted molar refractivity (Wildman–Crippen MR) is 80.4 cm³/mol. The number of hydrogen-bond acceptors (Lipinski definition) is 4. The maximum absolute atomic E-state index is 12.2. The molecule has 1 aromatic carbocycles. The minimum atomic E-state index is -3.46. The Morgan fingerprint density at radius 1 is 1.35 bits per heavy atom. The fourth-order valence-corrected chi connectivity index (χ4v) is 2.95. The van der Waals surface area contributed by atoms with Gasteiger partial charge in [-0.1, -0.05) is 20.3 Å². The van der Waals surface area contributed by atoms with Gasteiger partial charge in [-0.3, -0.25) is 0 Å². The molecule has 114 valence electrons. The van der Waals surface area contributed by atoms with E-state index in [0.717, 1.165) is 12.0 Å². The predicted octanol–water partition coefficient (Wildman–Crippen LogP) is 1.74. The molecule has 0 aliphatic rings. The largest absolute Gasteiger partial charge is 0.496 e. The molecule has 6 heteroatoms. The summed E-state index contributed by atoms with van der Waals surface area (Å²) in [4.78, 5) is 0.270. The number of sulfonamides is 1. The molecule has 1 rings (SSSR count). The zero-order valence-corrected chi connectivity index (χ0v) is 13.4. The molecular formula is C14H24N2O3S. The summed E-state index contributed by atoms with van der Waals surface area (Å²) < 4.78 is 32.3. The number of benzene rings is 1. The van der Waals surface area contributed by atoms with Crippen molar-refractivity contribution in [1.29, 1.82) is 0 Å². The lowest BCUT2D eigenvalue weighted by molar-refractivity contribution is 0.408. The number of hydrogen-bond donors (Lipinski definition) is 2. The molecular weight excluding hydrogens is 276 g/mol. The Bertz CT molecular complexity index is 529. The molecule has 1 atom stereocenters. The van der Waals surface area contributed by atoms with Gasteiger partial charge in [-0.25, -0.2) is 13.1 Å². The summed E-state index contributed by atoms with van der Waals surface area (Å²) in [6.45, 7) is 5.06. The van der Waals surface area contributed by atoms with Crippen molar-refractivity contribution in [1.82, 2.24) is 10.0 Å². The highest BCUT2D eigenvalue weighted by Gasteiger charge is 2.16. The van der Waals surface area contributed by atoms with Gasteiger partial charge in [0.1, 0.15) is 5.75 Å². The van der Waals surface area contributed by atoms with Crippen LogP contribution in [0.2, 0.25) is 0 Å². The third kappa shape index (κ3) is 4.47. The van der Waals surface area contributed by atoms with Gasteiger partial charge in [0.2, 0.25) is 10.0 Å². The molecule has 0 aliphatic heterocycles. The van der Waals surface area contributed by atoms with Crippen LogP contribution >= 0.6 is 0 Å². The van der Waals surface area contributed by atoms with E-state index >= 15 is 0 Å². The van der Waals surface area contributed by atoms with Crippen molar-refractivity contribution in [2.75, 3.05) is 20.7 Å². The van der Waals surface area contributed by atoms with Gasteiger partial charge in [0.05, 0.1) is 12.0 Å². The van der Waals surface area contributed by atoms with Gasteiger partial charge in [0, 0.05) is 18.7 Å². The van der Waals surface area contributed by atoms with Crippen molar-refractivity contribution in [3.05, 3.63) is 23.8 Å². The van der Waals surface area contributed by atoms with Crippen molar-refractivity contribution in [3.8, 4) is 5.75 Å². The van der Waals surface area contributed by atoms with E-state index in [9.17, 15) is 8.42 Å². The molecule has 0 saturated carbocycles. The molecule has 0 amide bonds. The molecule has 2 N–H and O–H groups in total. The highest BCUT2D eigenvalue weighted by molar-refractivity contribution is 7.89. The summed E-state index contributed by atoms with van der Waals surface area (Å²) in [6.07, 6.45) is 0.941. The minimum absolute atomic E-state index is 0.270. The van der Waals surface area contributed by atoms with Gasteiger partial charge in [0.15, 0.2) is 0 Å². The standard InChI is InChI=1S/C14H24N2O3S/c1-5-11(2)9-16-20(17,18)13-6-7-14(19-4)12(8-13)10-15-3/h6-8,11,15-16H,5,9-10H2,1-4H3. The number of rotatable bonds is 8. The van der Waals surface area contributed by atoms with Crippen LogP contribution in [0.3, 0.4) is 0 Å².